The summed E-state index contributed by atoms with van der Waals surface area (Å²) >= 11 is 0. The molecule has 1 atom stereocenters. The minimum atomic E-state index is -0.676. The molecule has 1 unspecified atom stereocenters. The number of nitrogens with one attached hydrogen (secondary N) is 1. The minimum Gasteiger partial charge on any atom is -0.491 e. The molecular formula is C25H28N2O5. The van der Waals surface area contributed by atoms with Crippen molar-refractivity contribution in [3.63, 3.8) is 0 Å². The predicted octanol–water partition coefficient (Wildman–Crippen LogP) is 2.71. The predicted molar refractivity (Wildman–Crippen MR) is 118 cm³/mol. The Morgan fingerprint density at radius 3 is 2.72 bits per heavy atom. The molecule has 1 saturated carbocycles. The molecule has 7 nitrogen and oxygen atoms in total. The van der Waals surface area contributed by atoms with Crippen LogP contribution in [0.15, 0.2) is 42.5 Å². The molecule has 2 amide bonds. The Bertz CT molecular complexity index is 1000. The van der Waals surface area contributed by atoms with Crippen LogP contribution >= 0.6 is 0 Å². The van der Waals surface area contributed by atoms with E-state index in [9.17, 15) is 9.59 Å². The topological polar surface area (TPSA) is 77.1 Å². The fraction of sp³-hybridized carbons (Fsp3) is 0.440. The van der Waals surface area contributed by atoms with Gasteiger partial charge in [-0.2, -0.15) is 0 Å². The molecule has 5 rings (SSSR count). The number of carbonyl (C=O) groups excluding carboxylic acids is 2. The van der Waals surface area contributed by atoms with Gasteiger partial charge in [0.25, 0.3) is 5.91 Å². The minimum absolute atomic E-state index is 0.0922. The van der Waals surface area contributed by atoms with Crippen molar-refractivity contribution in [3.8, 4) is 17.2 Å². The van der Waals surface area contributed by atoms with Crippen LogP contribution in [0.4, 0.5) is 0 Å². The smallest absolute Gasteiger partial charge is 0.267 e. The molecule has 2 aliphatic heterocycles. The van der Waals surface area contributed by atoms with E-state index in [1.54, 1.807) is 4.90 Å². The van der Waals surface area contributed by atoms with Crippen LogP contribution in [0.5, 0.6) is 17.2 Å². The van der Waals surface area contributed by atoms with Crippen LogP contribution in [-0.2, 0) is 22.6 Å². The fourth-order valence-electron chi connectivity index (χ4n) is 4.06. The van der Waals surface area contributed by atoms with Gasteiger partial charge in [-0.1, -0.05) is 24.3 Å². The van der Waals surface area contributed by atoms with Crippen molar-refractivity contribution in [3.05, 3.63) is 53.6 Å². The molecule has 1 N–H and O–H groups in total. The lowest BCUT2D eigenvalue weighted by Gasteiger charge is -2.29. The van der Waals surface area contributed by atoms with E-state index in [0.29, 0.717) is 50.0 Å². The zero-order valence-corrected chi connectivity index (χ0v) is 18.0. The fourth-order valence-corrected chi connectivity index (χ4v) is 4.06. The van der Waals surface area contributed by atoms with Gasteiger partial charge in [0.2, 0.25) is 12.0 Å². The van der Waals surface area contributed by atoms with Gasteiger partial charge in [-0.25, -0.2) is 0 Å². The number of para-hydroxylation sites is 2. The molecule has 3 aliphatic rings. The molecule has 2 heterocycles. The number of benzene rings is 2. The zero-order chi connectivity index (χ0) is 21.9. The Balaban J connectivity index is 1.21. The summed E-state index contributed by atoms with van der Waals surface area (Å²) in [7, 11) is 0. The molecule has 0 radical (unpaired) electrons. The number of hydrogen-bond donors (Lipinski definition) is 1. The molecule has 2 aromatic carbocycles. The molecule has 1 aliphatic carbocycles. The highest BCUT2D eigenvalue weighted by molar-refractivity contribution is 5.82. The summed E-state index contributed by atoms with van der Waals surface area (Å²) < 4.78 is 17.5. The van der Waals surface area contributed by atoms with E-state index in [0.717, 1.165) is 23.4 Å². The summed E-state index contributed by atoms with van der Waals surface area (Å²) in [6.45, 7) is 2.33. The van der Waals surface area contributed by atoms with E-state index in [1.807, 2.05) is 42.5 Å². The highest BCUT2D eigenvalue weighted by Crippen LogP contribution is 2.32. The monoisotopic (exact) mass is 436 g/mol. The third-order valence-corrected chi connectivity index (χ3v) is 6.13. The number of fused-ring (bicyclic) bond motifs is 2. The van der Waals surface area contributed by atoms with Gasteiger partial charge in [0.1, 0.15) is 19.0 Å². The standard InChI is InChI=1S/C25H28N2O5/c28-24(26-14-18-5-6-18)10-8-17-7-9-20-19(13-17)15-27(11-12-30-20)25(29)23-16-31-21-3-1-2-4-22(21)32-23/h1-4,7,9,13,18,23H,5-6,8,10-12,14-16H2,(H,26,28). The second kappa shape index (κ2) is 9.10. The average molecular weight is 437 g/mol. The first-order valence-corrected chi connectivity index (χ1v) is 11.3. The van der Waals surface area contributed by atoms with E-state index in [4.69, 9.17) is 14.2 Å². The molecule has 0 aromatic heterocycles. The molecule has 0 bridgehead atoms. The lowest BCUT2D eigenvalue weighted by Crippen LogP contribution is -2.46. The van der Waals surface area contributed by atoms with Gasteiger partial charge in [0.15, 0.2) is 11.5 Å². The molecule has 32 heavy (non-hydrogen) atoms. The molecule has 0 spiro atoms. The molecule has 2 aromatic rings. The Kier molecular flexibility index (Phi) is 5.88. The van der Waals surface area contributed by atoms with Crippen LogP contribution in [0.3, 0.4) is 0 Å². The van der Waals surface area contributed by atoms with E-state index >= 15 is 0 Å². The first-order chi connectivity index (χ1) is 15.7. The molecule has 0 saturated heterocycles. The van der Waals surface area contributed by atoms with Gasteiger partial charge in [-0.05, 0) is 48.9 Å². The van der Waals surface area contributed by atoms with Crippen LogP contribution in [-0.4, -0.2) is 49.1 Å². The Labute approximate surface area is 187 Å². The second-order valence-electron chi connectivity index (χ2n) is 8.66. The van der Waals surface area contributed by atoms with Crippen LogP contribution in [0.1, 0.15) is 30.4 Å². The maximum atomic E-state index is 13.2. The van der Waals surface area contributed by atoms with E-state index < -0.39 is 6.10 Å². The number of nitrogens with zero attached hydrogens (tertiary/aromatic N) is 1. The quantitative estimate of drug-likeness (QED) is 0.754. The second-order valence-corrected chi connectivity index (χ2v) is 8.66. The summed E-state index contributed by atoms with van der Waals surface area (Å²) in [5.74, 6) is 2.70. The summed E-state index contributed by atoms with van der Waals surface area (Å²) in [4.78, 5) is 27.0. The van der Waals surface area contributed by atoms with Crippen molar-refractivity contribution in [2.45, 2.75) is 38.3 Å². The molecule has 1 fully saturated rings. The largest absolute Gasteiger partial charge is 0.491 e. The summed E-state index contributed by atoms with van der Waals surface area (Å²) in [6.07, 6.45) is 2.90. The Morgan fingerprint density at radius 1 is 1.03 bits per heavy atom. The molecular weight excluding hydrogens is 408 g/mol. The Hall–Kier alpha value is -3.22. The summed E-state index contributed by atoms with van der Waals surface area (Å²) in [5.41, 5.74) is 2.01. The van der Waals surface area contributed by atoms with Gasteiger partial charge in [-0.3, -0.25) is 9.59 Å². The van der Waals surface area contributed by atoms with E-state index in [1.165, 1.54) is 12.8 Å². The van der Waals surface area contributed by atoms with Crippen molar-refractivity contribution in [2.24, 2.45) is 5.92 Å². The Morgan fingerprint density at radius 2 is 1.88 bits per heavy atom. The highest BCUT2D eigenvalue weighted by atomic mass is 16.6. The van der Waals surface area contributed by atoms with Crippen LogP contribution in [0.25, 0.3) is 0 Å². The molecule has 168 valence electrons. The maximum absolute atomic E-state index is 13.2. The number of amides is 2. The number of aryl methyl sites for hydroxylation is 1. The van der Waals surface area contributed by atoms with Crippen LogP contribution < -0.4 is 19.5 Å². The van der Waals surface area contributed by atoms with Crippen molar-refractivity contribution in [2.75, 3.05) is 26.3 Å². The van der Waals surface area contributed by atoms with E-state index in [2.05, 4.69) is 5.32 Å². The maximum Gasteiger partial charge on any atom is 0.267 e. The van der Waals surface area contributed by atoms with E-state index in [-0.39, 0.29) is 18.4 Å². The van der Waals surface area contributed by atoms with Crippen LogP contribution in [0, 0.1) is 5.92 Å². The van der Waals surface area contributed by atoms with Gasteiger partial charge in [0, 0.05) is 25.1 Å². The lowest BCUT2D eigenvalue weighted by molar-refractivity contribution is -0.142. The normalized spacial score (nSPS) is 19.4. The number of ether oxygens (including phenoxy) is 3. The first kappa shape index (κ1) is 20.7. The van der Waals surface area contributed by atoms with Crippen LogP contribution in [0.2, 0.25) is 0 Å². The van der Waals surface area contributed by atoms with Gasteiger partial charge < -0.3 is 24.4 Å². The zero-order valence-electron chi connectivity index (χ0n) is 18.0. The third-order valence-electron chi connectivity index (χ3n) is 6.13. The van der Waals surface area contributed by atoms with Crippen molar-refractivity contribution >= 4 is 11.8 Å². The SMILES string of the molecule is O=C(CCc1ccc2c(c1)CN(C(=O)C1COc3ccccc3O1)CCO2)NCC1CC1. The first-order valence-electron chi connectivity index (χ1n) is 11.3. The lowest BCUT2D eigenvalue weighted by atomic mass is 10.0. The van der Waals surface area contributed by atoms with Crippen molar-refractivity contribution < 1.29 is 23.8 Å². The third kappa shape index (κ3) is 4.82. The number of carbonyl (C=O) groups is 2. The number of rotatable bonds is 6. The van der Waals surface area contributed by atoms with Gasteiger partial charge in [0.05, 0.1) is 6.54 Å². The van der Waals surface area contributed by atoms with Gasteiger partial charge in [-0.15, -0.1) is 0 Å². The van der Waals surface area contributed by atoms with Crippen molar-refractivity contribution in [1.29, 1.82) is 0 Å². The van der Waals surface area contributed by atoms with Gasteiger partial charge >= 0.3 is 0 Å². The average Bonchev–Trinajstić information content (AvgIpc) is 3.67. The van der Waals surface area contributed by atoms with Crippen molar-refractivity contribution in [1.82, 2.24) is 10.2 Å². The molecule has 7 heteroatoms. The highest BCUT2D eigenvalue weighted by Gasteiger charge is 2.32. The number of hydrogen-bond acceptors (Lipinski definition) is 5. The summed E-state index contributed by atoms with van der Waals surface area (Å²) in [6, 6.07) is 13.4. The summed E-state index contributed by atoms with van der Waals surface area (Å²) in [5, 5.41) is 3.01.